The highest BCUT2D eigenvalue weighted by Crippen LogP contribution is 2.27. The van der Waals surface area contributed by atoms with Crippen molar-refractivity contribution in [2.24, 2.45) is 0 Å². The van der Waals surface area contributed by atoms with Crippen molar-refractivity contribution in [1.82, 2.24) is 10.3 Å². The zero-order chi connectivity index (χ0) is 12.7. The van der Waals surface area contributed by atoms with Crippen LogP contribution >= 0.6 is 36.2 Å². The van der Waals surface area contributed by atoms with E-state index in [0.29, 0.717) is 6.04 Å². The Balaban J connectivity index is 0. The number of nitrogens with two attached hydrogens (primary N) is 1. The number of fused-ring (bicyclic) bond motifs is 1. The second kappa shape index (κ2) is 11.7. The predicted molar refractivity (Wildman–Crippen MR) is 87.9 cm³/mol. The van der Waals surface area contributed by atoms with Gasteiger partial charge in [0, 0.05) is 17.5 Å². The summed E-state index contributed by atoms with van der Waals surface area (Å²) in [5.74, 6) is 0. The molecule has 0 saturated heterocycles. The molecule has 0 unspecified atom stereocenters. The molecule has 0 saturated carbocycles. The monoisotopic (exact) mass is 329 g/mol. The van der Waals surface area contributed by atoms with E-state index < -0.39 is 0 Å². The van der Waals surface area contributed by atoms with Gasteiger partial charge in [0.15, 0.2) is 5.13 Å². The number of nitrogen functional groups attached to an aromatic ring is 1. The van der Waals surface area contributed by atoms with Crippen molar-refractivity contribution in [2.75, 3.05) is 18.9 Å². The largest absolute Gasteiger partial charge is 0.397 e. The molecule has 1 heterocycles. The van der Waals surface area contributed by atoms with Gasteiger partial charge >= 0.3 is 0 Å². The average molecular weight is 330 g/mol. The first-order valence-corrected chi connectivity index (χ1v) is 7.11. The number of aliphatic hydroxyl groups excluding tert-OH is 1. The molecular weight excluding hydrogens is 305 g/mol. The van der Waals surface area contributed by atoms with Crippen LogP contribution in [0.3, 0.4) is 0 Å². The minimum absolute atomic E-state index is 0. The number of hydrogen-bond acceptors (Lipinski definition) is 5. The van der Waals surface area contributed by atoms with Crippen LogP contribution in [0, 0.1) is 0 Å². The van der Waals surface area contributed by atoms with Gasteiger partial charge in [-0.2, -0.15) is 0 Å². The highest BCUT2D eigenvalue weighted by molar-refractivity contribution is 7.15. The first kappa shape index (κ1) is 21.2. The minimum atomic E-state index is 0. The van der Waals surface area contributed by atoms with Gasteiger partial charge in [-0.1, -0.05) is 6.92 Å². The maximum Gasteiger partial charge on any atom is 0.180 e. The lowest BCUT2D eigenvalue weighted by atomic mass is 9.98. The Morgan fingerprint density at radius 2 is 2.05 bits per heavy atom. The topological polar surface area (TPSA) is 71.2 Å². The van der Waals surface area contributed by atoms with E-state index in [-0.39, 0.29) is 31.4 Å². The molecule has 0 bridgehead atoms. The molecular formula is C12H25Cl2N3OS. The lowest BCUT2D eigenvalue weighted by Gasteiger charge is -2.21. The van der Waals surface area contributed by atoms with Gasteiger partial charge in [-0.3, -0.25) is 0 Å². The van der Waals surface area contributed by atoms with E-state index in [0.717, 1.165) is 24.5 Å². The Labute approximate surface area is 132 Å². The fraction of sp³-hybridized carbons (Fsp3) is 0.750. The van der Waals surface area contributed by atoms with E-state index in [9.17, 15) is 0 Å². The Bertz CT molecular complexity index is 337. The van der Waals surface area contributed by atoms with Crippen molar-refractivity contribution in [3.8, 4) is 0 Å². The van der Waals surface area contributed by atoms with Gasteiger partial charge in [0.05, 0.1) is 5.69 Å². The summed E-state index contributed by atoms with van der Waals surface area (Å²) in [5.41, 5.74) is 6.93. The van der Waals surface area contributed by atoms with Crippen LogP contribution in [0.25, 0.3) is 0 Å². The van der Waals surface area contributed by atoms with Crippen molar-refractivity contribution in [2.45, 2.75) is 45.6 Å². The summed E-state index contributed by atoms with van der Waals surface area (Å²) in [4.78, 5) is 5.73. The molecule has 0 radical (unpaired) electrons. The molecule has 0 amide bonds. The Kier molecular flexibility index (Phi) is 13.1. The highest BCUT2D eigenvalue weighted by atomic mass is 35.5. The van der Waals surface area contributed by atoms with Crippen molar-refractivity contribution >= 4 is 41.3 Å². The number of aryl methyl sites for hydroxylation is 1. The second-order valence-corrected chi connectivity index (χ2v) is 5.25. The van der Waals surface area contributed by atoms with Crippen LogP contribution in [0.5, 0.6) is 0 Å². The van der Waals surface area contributed by atoms with E-state index in [1.807, 2.05) is 0 Å². The third-order valence-electron chi connectivity index (χ3n) is 2.64. The zero-order valence-electron chi connectivity index (χ0n) is 11.5. The summed E-state index contributed by atoms with van der Waals surface area (Å²) in [6, 6.07) is 0.641. The number of nitrogens with zero attached hydrogens (tertiary/aromatic N) is 1. The first-order chi connectivity index (χ1) is 8.21. The molecule has 0 fully saturated rings. The second-order valence-electron chi connectivity index (χ2n) is 4.13. The van der Waals surface area contributed by atoms with Gasteiger partial charge in [-0.05, 0) is 39.2 Å². The zero-order valence-corrected chi connectivity index (χ0v) is 14.0. The molecule has 0 aliphatic heterocycles. The number of anilines is 1. The summed E-state index contributed by atoms with van der Waals surface area (Å²) in [6.45, 7) is 5.25. The molecule has 114 valence electrons. The highest BCUT2D eigenvalue weighted by Gasteiger charge is 2.21. The number of hydrogen-bond donors (Lipinski definition) is 3. The molecule has 4 nitrogen and oxygen atoms in total. The number of aromatic nitrogens is 1. The maximum absolute atomic E-state index is 7.57. The summed E-state index contributed by atoms with van der Waals surface area (Å²) in [5, 5.41) is 11.9. The predicted octanol–water partition coefficient (Wildman–Crippen LogP) is 2.42. The Hall–Kier alpha value is -0.0700. The van der Waals surface area contributed by atoms with Gasteiger partial charge in [0.25, 0.3) is 0 Å². The molecule has 0 spiro atoms. The minimum Gasteiger partial charge on any atom is -0.397 e. The quantitative estimate of drug-likeness (QED) is 0.796. The smallest absolute Gasteiger partial charge is 0.180 e. The van der Waals surface area contributed by atoms with E-state index in [2.05, 4.69) is 17.2 Å². The van der Waals surface area contributed by atoms with Crippen LogP contribution in [0.1, 0.15) is 37.3 Å². The molecule has 1 aliphatic carbocycles. The number of rotatable bonds is 3. The van der Waals surface area contributed by atoms with E-state index in [1.165, 1.54) is 23.4 Å². The van der Waals surface area contributed by atoms with Crippen LogP contribution < -0.4 is 11.1 Å². The van der Waals surface area contributed by atoms with Crippen LogP contribution in [-0.2, 0) is 12.8 Å². The van der Waals surface area contributed by atoms with Gasteiger partial charge in [-0.15, -0.1) is 36.2 Å². The maximum atomic E-state index is 7.57. The van der Waals surface area contributed by atoms with Crippen molar-refractivity contribution in [3.05, 3.63) is 10.6 Å². The van der Waals surface area contributed by atoms with E-state index in [4.69, 9.17) is 10.8 Å². The molecule has 2 rings (SSSR count). The normalized spacial score (nSPS) is 16.3. The summed E-state index contributed by atoms with van der Waals surface area (Å²) in [7, 11) is 0. The molecule has 1 aliphatic rings. The Morgan fingerprint density at radius 3 is 2.63 bits per heavy atom. The standard InChI is InChI=1S/C10H17N3S.C2H6O.2ClH/c1-2-5-12-7-3-4-8-9(6-7)14-10(11)13-8;1-2-3;;/h7,12H,2-6H2,1H3,(H2,11,13);3H,2H2,1H3;2*1H/t7-;;;/m0.../s1. The summed E-state index contributed by atoms with van der Waals surface area (Å²) in [6.07, 6.45) is 4.61. The van der Waals surface area contributed by atoms with Gasteiger partial charge in [0.1, 0.15) is 0 Å². The summed E-state index contributed by atoms with van der Waals surface area (Å²) >= 11 is 1.65. The van der Waals surface area contributed by atoms with Gasteiger partial charge in [-0.25, -0.2) is 4.98 Å². The number of halogens is 2. The van der Waals surface area contributed by atoms with Gasteiger partial charge in [0.2, 0.25) is 0 Å². The Morgan fingerprint density at radius 1 is 1.42 bits per heavy atom. The molecule has 1 aromatic heterocycles. The molecule has 0 aromatic carbocycles. The fourth-order valence-electron chi connectivity index (χ4n) is 1.92. The molecule has 7 heteroatoms. The average Bonchev–Trinajstić information content (AvgIpc) is 2.66. The van der Waals surface area contributed by atoms with Crippen LogP contribution in [-0.4, -0.2) is 29.3 Å². The van der Waals surface area contributed by atoms with Crippen molar-refractivity contribution in [3.63, 3.8) is 0 Å². The lowest BCUT2D eigenvalue weighted by molar-refractivity contribution is 0.318. The molecule has 1 atom stereocenters. The number of nitrogens with one attached hydrogen (secondary N) is 1. The first-order valence-electron chi connectivity index (χ1n) is 6.29. The van der Waals surface area contributed by atoms with Gasteiger partial charge < -0.3 is 16.2 Å². The third-order valence-corrected chi connectivity index (χ3v) is 3.59. The van der Waals surface area contributed by atoms with Crippen LogP contribution in [0.2, 0.25) is 0 Å². The molecule has 19 heavy (non-hydrogen) atoms. The lowest BCUT2D eigenvalue weighted by Crippen LogP contribution is -2.34. The van der Waals surface area contributed by atoms with E-state index in [1.54, 1.807) is 18.3 Å². The molecule has 1 aromatic rings. The van der Waals surface area contributed by atoms with Crippen LogP contribution in [0.15, 0.2) is 0 Å². The van der Waals surface area contributed by atoms with E-state index >= 15 is 0 Å². The fourth-order valence-corrected chi connectivity index (χ4v) is 2.88. The van der Waals surface area contributed by atoms with Crippen molar-refractivity contribution in [1.29, 1.82) is 0 Å². The summed E-state index contributed by atoms with van der Waals surface area (Å²) < 4.78 is 0. The third kappa shape index (κ3) is 7.32. The number of aliphatic hydroxyl groups is 1. The van der Waals surface area contributed by atoms with Crippen molar-refractivity contribution < 1.29 is 5.11 Å². The molecule has 4 N–H and O–H groups in total. The number of thiazole rings is 1. The SMILES string of the molecule is CCCN[C@H]1CCc2nc(N)sc2C1.CCO.Cl.Cl. The van der Waals surface area contributed by atoms with Crippen LogP contribution in [0.4, 0.5) is 5.13 Å².